The zero-order valence-electron chi connectivity index (χ0n) is 15.2. The molecule has 1 atom stereocenters. The fourth-order valence-corrected chi connectivity index (χ4v) is 4.25. The molecular weight excluding hydrogens is 394 g/mol. The zero-order valence-corrected chi connectivity index (χ0v) is 16.0. The highest BCUT2D eigenvalue weighted by Gasteiger charge is 2.30. The molecule has 10 heteroatoms. The Balaban J connectivity index is 1.40. The van der Waals surface area contributed by atoms with E-state index < -0.39 is 16.9 Å². The Morgan fingerprint density at radius 3 is 2.83 bits per heavy atom. The van der Waals surface area contributed by atoms with E-state index in [2.05, 4.69) is 15.5 Å². The minimum absolute atomic E-state index is 0.0223. The minimum atomic E-state index is -0.720. The zero-order chi connectivity index (χ0) is 20.4. The molecule has 2 aromatic carbocycles. The number of rotatable bonds is 4. The van der Waals surface area contributed by atoms with Crippen molar-refractivity contribution in [2.45, 2.75) is 6.04 Å². The highest BCUT2D eigenvalue weighted by molar-refractivity contribution is 8.14. The molecule has 1 fully saturated rings. The molecule has 0 aromatic heterocycles. The third-order valence-electron chi connectivity index (χ3n) is 4.60. The molecule has 4 rings (SSSR count). The predicted molar refractivity (Wildman–Crippen MR) is 110 cm³/mol. The number of thioether (sulfide) groups is 1. The van der Waals surface area contributed by atoms with Crippen molar-refractivity contribution in [2.75, 3.05) is 24.2 Å². The van der Waals surface area contributed by atoms with E-state index in [0.29, 0.717) is 5.69 Å². The van der Waals surface area contributed by atoms with Crippen molar-refractivity contribution in [3.63, 3.8) is 0 Å². The van der Waals surface area contributed by atoms with Crippen molar-refractivity contribution in [1.29, 1.82) is 0 Å². The number of anilines is 1. The van der Waals surface area contributed by atoms with Crippen molar-refractivity contribution in [3.05, 3.63) is 69.8 Å². The van der Waals surface area contributed by atoms with Gasteiger partial charge in [0.2, 0.25) is 0 Å². The monoisotopic (exact) mass is 411 g/mol. The molecule has 0 saturated carbocycles. The van der Waals surface area contributed by atoms with Gasteiger partial charge in [-0.05, 0) is 23.8 Å². The van der Waals surface area contributed by atoms with Gasteiger partial charge in [0.1, 0.15) is 0 Å². The van der Waals surface area contributed by atoms with Crippen LogP contribution in [0, 0.1) is 10.1 Å². The van der Waals surface area contributed by atoms with Gasteiger partial charge in [-0.2, -0.15) is 0 Å². The van der Waals surface area contributed by atoms with Gasteiger partial charge in [-0.3, -0.25) is 25.2 Å². The molecule has 2 aliphatic heterocycles. The van der Waals surface area contributed by atoms with Gasteiger partial charge in [0.05, 0.1) is 11.0 Å². The summed E-state index contributed by atoms with van der Waals surface area (Å²) in [7, 11) is 0. The van der Waals surface area contributed by atoms with Crippen molar-refractivity contribution in [2.24, 2.45) is 4.99 Å². The lowest BCUT2D eigenvalue weighted by atomic mass is 10.1. The Morgan fingerprint density at radius 1 is 1.21 bits per heavy atom. The van der Waals surface area contributed by atoms with Crippen LogP contribution in [0.2, 0.25) is 0 Å². The van der Waals surface area contributed by atoms with E-state index in [1.807, 2.05) is 18.2 Å². The molecule has 2 N–H and O–H groups in total. The average molecular weight is 411 g/mol. The smallest absolute Gasteiger partial charge is 0.326 e. The fraction of sp³-hybridized carbons (Fsp3) is 0.211. The molecular formula is C19H17N5O4S. The number of non-ortho nitro benzene ring substituents is 1. The van der Waals surface area contributed by atoms with E-state index in [0.717, 1.165) is 35.6 Å². The Labute approximate surface area is 170 Å². The number of fused-ring (bicyclic) bond motifs is 1. The van der Waals surface area contributed by atoms with Gasteiger partial charge < -0.3 is 10.2 Å². The highest BCUT2D eigenvalue weighted by Crippen LogP contribution is 2.33. The summed E-state index contributed by atoms with van der Waals surface area (Å²) in [6.45, 7) is 1.82. The average Bonchev–Trinajstić information content (AvgIpc) is 3.30. The standard InChI is InChI=1S/C19H17N5O4S/c25-17(13-4-2-6-15(10-13)24(27)28)22-18(26)20-14-5-1-3-12(9-14)16-11-23-7-8-29-19(23)21-16/h1-6,9-10,16H,7-8,11H2,(H2,20,22,25,26)/t16-/m1/s1. The summed E-state index contributed by atoms with van der Waals surface area (Å²) in [5, 5.41) is 16.7. The van der Waals surface area contributed by atoms with Crippen LogP contribution in [0.3, 0.4) is 0 Å². The van der Waals surface area contributed by atoms with Crippen LogP contribution in [0.5, 0.6) is 0 Å². The predicted octanol–water partition coefficient (Wildman–Crippen LogP) is 3.02. The third-order valence-corrected chi connectivity index (χ3v) is 5.61. The largest absolute Gasteiger partial charge is 0.348 e. The molecule has 2 aromatic rings. The number of nitro groups is 1. The number of carbonyl (C=O) groups is 2. The normalized spacial score (nSPS) is 17.4. The van der Waals surface area contributed by atoms with Gasteiger partial charge in [0.15, 0.2) is 5.17 Å². The van der Waals surface area contributed by atoms with Crippen LogP contribution in [-0.2, 0) is 0 Å². The number of carbonyl (C=O) groups excluding carboxylic acids is 2. The Morgan fingerprint density at radius 2 is 2.03 bits per heavy atom. The number of nitro benzene ring substituents is 1. The van der Waals surface area contributed by atoms with Crippen molar-refractivity contribution in [1.82, 2.24) is 10.2 Å². The van der Waals surface area contributed by atoms with E-state index in [9.17, 15) is 19.7 Å². The number of nitrogens with zero attached hydrogens (tertiary/aromatic N) is 3. The van der Waals surface area contributed by atoms with Crippen LogP contribution in [0.1, 0.15) is 22.0 Å². The molecule has 2 heterocycles. The molecule has 1 saturated heterocycles. The van der Waals surface area contributed by atoms with E-state index in [4.69, 9.17) is 4.99 Å². The fourth-order valence-electron chi connectivity index (χ4n) is 3.21. The molecule has 0 radical (unpaired) electrons. The second kappa shape index (κ2) is 7.92. The summed E-state index contributed by atoms with van der Waals surface area (Å²) in [6.07, 6.45) is 0. The quantitative estimate of drug-likeness (QED) is 0.590. The maximum Gasteiger partial charge on any atom is 0.326 e. The van der Waals surface area contributed by atoms with E-state index in [-0.39, 0.29) is 17.3 Å². The van der Waals surface area contributed by atoms with Crippen LogP contribution in [0.15, 0.2) is 53.5 Å². The number of amidine groups is 1. The van der Waals surface area contributed by atoms with Crippen LogP contribution in [-0.4, -0.2) is 45.8 Å². The van der Waals surface area contributed by atoms with E-state index in [1.165, 1.54) is 18.2 Å². The molecule has 9 nitrogen and oxygen atoms in total. The van der Waals surface area contributed by atoms with E-state index in [1.54, 1.807) is 17.8 Å². The molecule has 148 valence electrons. The molecule has 29 heavy (non-hydrogen) atoms. The Kier molecular flexibility index (Phi) is 5.17. The number of aliphatic imine (C=N–C) groups is 1. The molecule has 0 bridgehead atoms. The summed E-state index contributed by atoms with van der Waals surface area (Å²) in [5.41, 5.74) is 1.33. The summed E-state index contributed by atoms with van der Waals surface area (Å²) in [4.78, 5) is 41.6. The second-order valence-electron chi connectivity index (χ2n) is 6.56. The number of imide groups is 1. The lowest BCUT2D eigenvalue weighted by Gasteiger charge is -2.14. The molecule has 0 spiro atoms. The van der Waals surface area contributed by atoms with Crippen molar-refractivity contribution < 1.29 is 14.5 Å². The number of amides is 3. The van der Waals surface area contributed by atoms with Gasteiger partial charge in [0.25, 0.3) is 11.6 Å². The first-order chi connectivity index (χ1) is 14.0. The number of hydrogen-bond acceptors (Lipinski definition) is 7. The van der Waals surface area contributed by atoms with Gasteiger partial charge in [-0.1, -0.05) is 30.0 Å². The topological polar surface area (TPSA) is 117 Å². The Bertz CT molecular complexity index is 1030. The van der Waals surface area contributed by atoms with E-state index >= 15 is 0 Å². The van der Waals surface area contributed by atoms with Crippen molar-refractivity contribution in [3.8, 4) is 0 Å². The van der Waals surface area contributed by atoms with Crippen LogP contribution >= 0.6 is 11.8 Å². The van der Waals surface area contributed by atoms with Gasteiger partial charge in [0, 0.05) is 42.2 Å². The number of benzene rings is 2. The molecule has 3 amide bonds. The lowest BCUT2D eigenvalue weighted by Crippen LogP contribution is -2.34. The van der Waals surface area contributed by atoms with Gasteiger partial charge >= 0.3 is 6.03 Å². The first-order valence-electron chi connectivity index (χ1n) is 8.92. The summed E-state index contributed by atoms with van der Waals surface area (Å²) >= 11 is 1.75. The highest BCUT2D eigenvalue weighted by atomic mass is 32.2. The van der Waals surface area contributed by atoms with Gasteiger partial charge in [-0.15, -0.1) is 0 Å². The SMILES string of the molecule is O=C(NC(=O)c1cccc([N+](=O)[O-])c1)Nc1cccc([C@H]2CN3CCSC3=N2)c1. The number of urea groups is 1. The van der Waals surface area contributed by atoms with Crippen LogP contribution in [0.4, 0.5) is 16.2 Å². The summed E-state index contributed by atoms with van der Waals surface area (Å²) in [5.74, 6) is 0.341. The maximum absolute atomic E-state index is 12.2. The first-order valence-corrected chi connectivity index (χ1v) is 9.90. The maximum atomic E-state index is 12.2. The third kappa shape index (κ3) is 4.21. The Hall–Kier alpha value is -3.40. The van der Waals surface area contributed by atoms with Crippen LogP contribution in [0.25, 0.3) is 0 Å². The summed E-state index contributed by atoms with van der Waals surface area (Å²) in [6, 6.07) is 11.8. The lowest BCUT2D eigenvalue weighted by molar-refractivity contribution is -0.384. The first kappa shape index (κ1) is 18.9. The van der Waals surface area contributed by atoms with Gasteiger partial charge in [-0.25, -0.2) is 4.79 Å². The molecule has 0 aliphatic carbocycles. The summed E-state index contributed by atoms with van der Waals surface area (Å²) < 4.78 is 0. The van der Waals surface area contributed by atoms with Crippen molar-refractivity contribution >= 4 is 40.2 Å². The minimum Gasteiger partial charge on any atom is -0.348 e. The molecule has 2 aliphatic rings. The molecule has 0 unspecified atom stereocenters. The number of nitrogens with one attached hydrogen (secondary N) is 2. The number of hydrogen-bond donors (Lipinski definition) is 2. The van der Waals surface area contributed by atoms with Crippen LogP contribution < -0.4 is 10.6 Å². The second-order valence-corrected chi connectivity index (χ2v) is 7.63.